The Morgan fingerprint density at radius 2 is 1.90 bits per heavy atom. The van der Waals surface area contributed by atoms with Crippen LogP contribution in [-0.2, 0) is 4.74 Å². The summed E-state index contributed by atoms with van der Waals surface area (Å²) >= 11 is 11.7. The molecule has 0 amide bonds. The molecule has 1 aliphatic rings. The second-order valence-electron chi connectivity index (χ2n) is 4.57. The Balaban J connectivity index is 1.83. The van der Waals surface area contributed by atoms with Gasteiger partial charge in [-0.2, -0.15) is 0 Å². The smallest absolute Gasteiger partial charge is 0.265 e. The number of fused-ring (bicyclic) bond motifs is 1. The van der Waals surface area contributed by atoms with Crippen LogP contribution < -0.4 is 4.74 Å². The molecule has 0 spiro atoms. The van der Waals surface area contributed by atoms with Crippen molar-refractivity contribution in [2.24, 2.45) is 0 Å². The van der Waals surface area contributed by atoms with Gasteiger partial charge in [0.1, 0.15) is 5.75 Å². The average Bonchev–Trinajstić information content (AvgIpc) is 2.51. The van der Waals surface area contributed by atoms with Gasteiger partial charge in [-0.15, -0.1) is 0 Å². The second kappa shape index (κ2) is 5.95. The molecular weight excluding hydrogens is 294 g/mol. The fraction of sp³-hybridized carbons (Fsp3) is 0.267. The zero-order chi connectivity index (χ0) is 13.9. The summed E-state index contributed by atoms with van der Waals surface area (Å²) in [6.45, 7) is 2.86. The molecule has 0 unspecified atom stereocenters. The topological polar surface area (TPSA) is 21.7 Å². The molecule has 1 heterocycles. The number of benzene rings is 2. The lowest BCUT2D eigenvalue weighted by atomic mass is 10.1. The van der Waals surface area contributed by atoms with Crippen LogP contribution in [0.5, 0.6) is 5.75 Å². The maximum atomic E-state index is 6.40. The molecule has 20 heavy (non-hydrogen) atoms. The maximum Gasteiger partial charge on any atom is 0.265 e. The summed E-state index contributed by atoms with van der Waals surface area (Å²) in [4.78, 5) is 1.99. The van der Waals surface area contributed by atoms with Crippen molar-refractivity contribution in [3.63, 3.8) is 0 Å². The molecule has 0 atom stereocenters. The second-order valence-corrected chi connectivity index (χ2v) is 5.29. The van der Waals surface area contributed by atoms with Gasteiger partial charge in [0, 0.05) is 18.5 Å². The third-order valence-electron chi connectivity index (χ3n) is 3.29. The third kappa shape index (κ3) is 2.73. The Hall–Kier alpha value is -1.36. The van der Waals surface area contributed by atoms with Gasteiger partial charge in [-0.05, 0) is 23.7 Å². The summed E-state index contributed by atoms with van der Waals surface area (Å²) in [6.07, 6.45) is 0. The highest BCUT2D eigenvalue weighted by atomic mass is 35.5. The molecular formula is C15H14ClNO2S. The van der Waals surface area contributed by atoms with Crippen molar-refractivity contribution in [2.45, 2.75) is 0 Å². The minimum Gasteiger partial charge on any atom is -0.430 e. The predicted octanol–water partition coefficient (Wildman–Crippen LogP) is 3.49. The van der Waals surface area contributed by atoms with E-state index >= 15 is 0 Å². The molecule has 1 saturated heterocycles. The van der Waals surface area contributed by atoms with E-state index in [4.69, 9.17) is 33.3 Å². The third-order valence-corrected chi connectivity index (χ3v) is 4.03. The van der Waals surface area contributed by atoms with Gasteiger partial charge in [0.25, 0.3) is 5.17 Å². The molecule has 0 aromatic heterocycles. The minimum atomic E-state index is 0.450. The van der Waals surface area contributed by atoms with Crippen molar-refractivity contribution in [2.75, 3.05) is 26.3 Å². The van der Waals surface area contributed by atoms with Crippen molar-refractivity contribution in [3.05, 3.63) is 41.4 Å². The van der Waals surface area contributed by atoms with E-state index in [9.17, 15) is 0 Å². The number of ether oxygens (including phenoxy) is 2. The molecule has 0 bridgehead atoms. The first kappa shape index (κ1) is 13.6. The SMILES string of the molecule is S=C(Oc1ccc2ccccc2c1Cl)N1CCOCC1. The molecule has 1 aliphatic heterocycles. The van der Waals surface area contributed by atoms with Crippen LogP contribution in [0.4, 0.5) is 0 Å². The van der Waals surface area contributed by atoms with Crippen LogP contribution in [0.2, 0.25) is 5.02 Å². The van der Waals surface area contributed by atoms with Crippen molar-refractivity contribution in [1.82, 2.24) is 4.90 Å². The van der Waals surface area contributed by atoms with E-state index in [0.717, 1.165) is 23.9 Å². The van der Waals surface area contributed by atoms with E-state index < -0.39 is 0 Å². The van der Waals surface area contributed by atoms with E-state index in [-0.39, 0.29) is 0 Å². The first-order valence-corrected chi connectivity index (χ1v) is 7.26. The van der Waals surface area contributed by atoms with Gasteiger partial charge >= 0.3 is 0 Å². The summed E-state index contributed by atoms with van der Waals surface area (Å²) in [6, 6.07) is 11.8. The monoisotopic (exact) mass is 307 g/mol. The molecule has 5 heteroatoms. The molecule has 1 fully saturated rings. The number of nitrogens with zero attached hydrogens (tertiary/aromatic N) is 1. The van der Waals surface area contributed by atoms with Crippen LogP contribution in [0.3, 0.4) is 0 Å². The molecule has 2 aromatic carbocycles. The zero-order valence-corrected chi connectivity index (χ0v) is 12.4. The van der Waals surface area contributed by atoms with E-state index in [2.05, 4.69) is 0 Å². The number of halogens is 1. The lowest BCUT2D eigenvalue weighted by Gasteiger charge is -2.28. The summed E-state index contributed by atoms with van der Waals surface area (Å²) in [7, 11) is 0. The minimum absolute atomic E-state index is 0.450. The Bertz CT molecular complexity index is 641. The van der Waals surface area contributed by atoms with Crippen molar-refractivity contribution in [3.8, 4) is 5.75 Å². The summed E-state index contributed by atoms with van der Waals surface area (Å²) in [5, 5.41) is 3.10. The molecule has 0 radical (unpaired) electrons. The molecule has 0 N–H and O–H groups in total. The van der Waals surface area contributed by atoms with Gasteiger partial charge in [0.05, 0.1) is 18.2 Å². The summed E-state index contributed by atoms with van der Waals surface area (Å²) in [5.41, 5.74) is 0. The fourth-order valence-electron chi connectivity index (χ4n) is 2.20. The summed E-state index contributed by atoms with van der Waals surface area (Å²) in [5.74, 6) is 0.599. The van der Waals surface area contributed by atoms with Gasteiger partial charge in [-0.25, -0.2) is 0 Å². The fourth-order valence-corrected chi connectivity index (χ4v) is 2.74. The van der Waals surface area contributed by atoms with Gasteiger partial charge in [0.15, 0.2) is 0 Å². The highest BCUT2D eigenvalue weighted by Gasteiger charge is 2.17. The number of thiocarbonyl (C=S) groups is 1. The van der Waals surface area contributed by atoms with Crippen molar-refractivity contribution >= 4 is 39.8 Å². The summed E-state index contributed by atoms with van der Waals surface area (Å²) < 4.78 is 11.1. The first-order chi connectivity index (χ1) is 9.75. The quantitative estimate of drug-likeness (QED) is 0.752. The number of rotatable bonds is 1. The van der Waals surface area contributed by atoms with Crippen LogP contribution in [0, 0.1) is 0 Å². The lowest BCUT2D eigenvalue weighted by Crippen LogP contribution is -2.42. The van der Waals surface area contributed by atoms with Crippen molar-refractivity contribution in [1.29, 1.82) is 0 Å². The Labute approximate surface area is 128 Å². The van der Waals surface area contributed by atoms with E-state index in [1.807, 2.05) is 41.3 Å². The van der Waals surface area contributed by atoms with Gasteiger partial charge < -0.3 is 14.4 Å². The van der Waals surface area contributed by atoms with Crippen molar-refractivity contribution < 1.29 is 9.47 Å². The molecule has 104 valence electrons. The first-order valence-electron chi connectivity index (χ1n) is 6.47. The average molecular weight is 308 g/mol. The lowest BCUT2D eigenvalue weighted by molar-refractivity contribution is 0.0631. The molecule has 0 saturated carbocycles. The van der Waals surface area contributed by atoms with Crippen LogP contribution in [0.1, 0.15) is 0 Å². The van der Waals surface area contributed by atoms with E-state index in [1.165, 1.54) is 0 Å². The Morgan fingerprint density at radius 1 is 1.15 bits per heavy atom. The Morgan fingerprint density at radius 3 is 2.70 bits per heavy atom. The molecule has 0 aliphatic carbocycles. The number of hydrogen-bond donors (Lipinski definition) is 0. The van der Waals surface area contributed by atoms with Gasteiger partial charge in [-0.3, -0.25) is 0 Å². The largest absolute Gasteiger partial charge is 0.430 e. The van der Waals surface area contributed by atoms with Crippen LogP contribution in [0.15, 0.2) is 36.4 Å². The van der Waals surface area contributed by atoms with E-state index in [0.29, 0.717) is 29.2 Å². The van der Waals surface area contributed by atoms with Crippen LogP contribution >= 0.6 is 23.8 Å². The van der Waals surface area contributed by atoms with Gasteiger partial charge in [0.2, 0.25) is 0 Å². The highest BCUT2D eigenvalue weighted by molar-refractivity contribution is 7.80. The number of hydrogen-bond acceptors (Lipinski definition) is 3. The Kier molecular flexibility index (Phi) is 4.05. The maximum absolute atomic E-state index is 6.40. The predicted molar refractivity (Wildman–Crippen MR) is 84.6 cm³/mol. The van der Waals surface area contributed by atoms with Crippen LogP contribution in [0.25, 0.3) is 10.8 Å². The molecule has 3 rings (SSSR count). The molecule has 3 nitrogen and oxygen atoms in total. The zero-order valence-electron chi connectivity index (χ0n) is 10.8. The highest BCUT2D eigenvalue weighted by Crippen LogP contribution is 2.33. The number of morpholine rings is 1. The van der Waals surface area contributed by atoms with E-state index in [1.54, 1.807) is 0 Å². The normalized spacial score (nSPS) is 15.3. The van der Waals surface area contributed by atoms with Gasteiger partial charge in [-0.1, -0.05) is 41.9 Å². The van der Waals surface area contributed by atoms with Crippen LogP contribution in [-0.4, -0.2) is 36.4 Å². The standard InChI is InChI=1S/C15H14ClNO2S/c16-14-12-4-2-1-3-11(12)5-6-13(14)19-15(20)17-7-9-18-10-8-17/h1-6H,7-10H2. The molecule has 2 aromatic rings.